The Kier molecular flexibility index (Phi) is 4.88. The lowest BCUT2D eigenvalue weighted by atomic mass is 10.1. The number of benzene rings is 2. The van der Waals surface area contributed by atoms with Crippen LogP contribution in [0.5, 0.6) is 28.7 Å². The number of hydrogen-bond acceptors (Lipinski definition) is 7. The highest BCUT2D eigenvalue weighted by Gasteiger charge is 2.19. The predicted molar refractivity (Wildman–Crippen MR) is 96.4 cm³/mol. The molecule has 2 N–H and O–H groups in total. The number of ketones is 1. The molecule has 0 radical (unpaired) electrons. The van der Waals surface area contributed by atoms with Crippen molar-refractivity contribution in [3.05, 3.63) is 41.5 Å². The summed E-state index contributed by atoms with van der Waals surface area (Å²) in [7, 11) is 4.59. The molecule has 0 unspecified atom stereocenters. The van der Waals surface area contributed by atoms with E-state index in [-0.39, 0.29) is 12.6 Å². The van der Waals surface area contributed by atoms with Crippen LogP contribution in [0.25, 0.3) is 6.08 Å². The van der Waals surface area contributed by atoms with Crippen LogP contribution >= 0.6 is 0 Å². The molecule has 1 heterocycles. The summed E-state index contributed by atoms with van der Waals surface area (Å²) in [5.74, 6) is 2.27. The van der Waals surface area contributed by atoms with E-state index in [4.69, 9.17) is 29.4 Å². The lowest BCUT2D eigenvalue weighted by molar-refractivity contribution is 0.104. The minimum Gasteiger partial charge on any atom is -0.493 e. The van der Waals surface area contributed by atoms with Crippen LogP contribution in [0.1, 0.15) is 15.9 Å². The second kappa shape index (κ2) is 7.26. The topological polar surface area (TPSA) is 89.2 Å². The van der Waals surface area contributed by atoms with E-state index in [1.165, 1.54) is 27.4 Å². The maximum absolute atomic E-state index is 12.5. The number of ether oxygens (including phenoxy) is 5. The molecule has 2 aromatic rings. The molecule has 7 heteroatoms. The normalized spacial score (nSPS) is 12.3. The van der Waals surface area contributed by atoms with Crippen molar-refractivity contribution in [2.24, 2.45) is 0 Å². The van der Waals surface area contributed by atoms with Crippen molar-refractivity contribution in [3.63, 3.8) is 0 Å². The van der Waals surface area contributed by atoms with E-state index in [1.807, 2.05) is 0 Å². The average Bonchev–Trinajstić information content (AvgIpc) is 3.11. The van der Waals surface area contributed by atoms with Crippen molar-refractivity contribution >= 4 is 17.5 Å². The molecule has 0 aliphatic carbocycles. The van der Waals surface area contributed by atoms with Gasteiger partial charge in [0.25, 0.3) is 0 Å². The summed E-state index contributed by atoms with van der Waals surface area (Å²) < 4.78 is 26.4. The quantitative estimate of drug-likeness (QED) is 0.483. The molecule has 1 aliphatic rings. The molecule has 0 amide bonds. The minimum atomic E-state index is -0.255. The molecule has 0 saturated heterocycles. The van der Waals surface area contributed by atoms with Crippen molar-refractivity contribution in [2.45, 2.75) is 0 Å². The van der Waals surface area contributed by atoms with Gasteiger partial charge in [-0.25, -0.2) is 0 Å². The van der Waals surface area contributed by atoms with Crippen molar-refractivity contribution in [1.82, 2.24) is 0 Å². The number of rotatable bonds is 6. The van der Waals surface area contributed by atoms with Crippen LogP contribution < -0.4 is 29.4 Å². The summed E-state index contributed by atoms with van der Waals surface area (Å²) in [4.78, 5) is 12.5. The standard InChI is InChI=1S/C19H19NO6/c1-22-17-6-11(7-18(23-2)19(17)24-3)4-5-14(21)12-8-15-16(9-13(12)20)26-10-25-15/h4-9H,10,20H2,1-3H3. The number of fused-ring (bicyclic) bond motifs is 1. The van der Waals surface area contributed by atoms with Crippen LogP contribution in [0.4, 0.5) is 5.69 Å². The first kappa shape index (κ1) is 17.5. The number of nitrogens with two attached hydrogens (primary N) is 1. The largest absolute Gasteiger partial charge is 0.493 e. The Morgan fingerprint density at radius 2 is 1.62 bits per heavy atom. The molecule has 0 bridgehead atoms. The van der Waals surface area contributed by atoms with Crippen LogP contribution in [0.2, 0.25) is 0 Å². The second-order valence-corrected chi connectivity index (χ2v) is 5.45. The number of hydrogen-bond donors (Lipinski definition) is 1. The number of carbonyl (C=O) groups is 1. The van der Waals surface area contributed by atoms with Gasteiger partial charge in [0.1, 0.15) is 0 Å². The maximum atomic E-state index is 12.5. The first-order chi connectivity index (χ1) is 12.6. The molecule has 0 atom stereocenters. The lowest BCUT2D eigenvalue weighted by Crippen LogP contribution is -2.01. The average molecular weight is 357 g/mol. The Balaban J connectivity index is 1.89. The third-order valence-corrected chi connectivity index (χ3v) is 3.92. The zero-order valence-corrected chi connectivity index (χ0v) is 14.7. The smallest absolute Gasteiger partial charge is 0.231 e. The fraction of sp³-hybridized carbons (Fsp3) is 0.211. The van der Waals surface area contributed by atoms with E-state index in [9.17, 15) is 4.79 Å². The summed E-state index contributed by atoms with van der Waals surface area (Å²) in [5.41, 5.74) is 7.33. The van der Waals surface area contributed by atoms with Crippen molar-refractivity contribution in [2.75, 3.05) is 33.9 Å². The van der Waals surface area contributed by atoms with Gasteiger partial charge in [-0.1, -0.05) is 6.08 Å². The van der Waals surface area contributed by atoms with E-state index in [2.05, 4.69) is 0 Å². The molecular formula is C19H19NO6. The van der Waals surface area contributed by atoms with Gasteiger partial charge in [0.2, 0.25) is 12.5 Å². The maximum Gasteiger partial charge on any atom is 0.231 e. The molecular weight excluding hydrogens is 338 g/mol. The molecule has 0 fully saturated rings. The summed E-state index contributed by atoms with van der Waals surface area (Å²) in [5, 5.41) is 0. The molecule has 136 valence electrons. The molecule has 0 aromatic heterocycles. The van der Waals surface area contributed by atoms with Gasteiger partial charge in [0.05, 0.1) is 21.3 Å². The van der Waals surface area contributed by atoms with Gasteiger partial charge in [-0.15, -0.1) is 0 Å². The Hall–Kier alpha value is -3.35. The Labute approximate surface area is 150 Å². The molecule has 0 saturated carbocycles. The van der Waals surface area contributed by atoms with Gasteiger partial charge in [-0.05, 0) is 29.8 Å². The van der Waals surface area contributed by atoms with E-state index >= 15 is 0 Å². The summed E-state index contributed by atoms with van der Waals surface area (Å²) >= 11 is 0. The fourth-order valence-electron chi connectivity index (χ4n) is 2.63. The van der Waals surface area contributed by atoms with Gasteiger partial charge >= 0.3 is 0 Å². The minimum absolute atomic E-state index is 0.119. The van der Waals surface area contributed by atoms with Gasteiger partial charge in [0.15, 0.2) is 28.8 Å². The third kappa shape index (κ3) is 3.23. The fourth-order valence-corrected chi connectivity index (χ4v) is 2.63. The van der Waals surface area contributed by atoms with Crippen molar-refractivity contribution in [3.8, 4) is 28.7 Å². The number of nitrogen functional groups attached to an aromatic ring is 1. The van der Waals surface area contributed by atoms with E-state index in [1.54, 1.807) is 30.3 Å². The monoisotopic (exact) mass is 357 g/mol. The number of anilines is 1. The number of carbonyl (C=O) groups excluding carboxylic acids is 1. The first-order valence-electron chi connectivity index (χ1n) is 7.79. The highest BCUT2D eigenvalue weighted by molar-refractivity contribution is 6.10. The van der Waals surface area contributed by atoms with Crippen LogP contribution in [0.3, 0.4) is 0 Å². The zero-order valence-electron chi connectivity index (χ0n) is 14.7. The Morgan fingerprint density at radius 3 is 2.19 bits per heavy atom. The molecule has 1 aliphatic heterocycles. The van der Waals surface area contributed by atoms with Gasteiger partial charge in [-0.2, -0.15) is 0 Å². The molecule has 7 nitrogen and oxygen atoms in total. The second-order valence-electron chi connectivity index (χ2n) is 5.45. The van der Waals surface area contributed by atoms with Gasteiger partial charge in [0, 0.05) is 17.3 Å². The van der Waals surface area contributed by atoms with Crippen LogP contribution in [0, 0.1) is 0 Å². The highest BCUT2D eigenvalue weighted by atomic mass is 16.7. The van der Waals surface area contributed by atoms with Crippen molar-refractivity contribution < 1.29 is 28.5 Å². The summed E-state index contributed by atoms with van der Waals surface area (Å²) in [6.45, 7) is 0.119. The van der Waals surface area contributed by atoms with Crippen LogP contribution in [-0.4, -0.2) is 33.9 Å². The van der Waals surface area contributed by atoms with E-state index in [0.717, 1.165) is 0 Å². The lowest BCUT2D eigenvalue weighted by Gasteiger charge is -2.12. The third-order valence-electron chi connectivity index (χ3n) is 3.92. The molecule has 26 heavy (non-hydrogen) atoms. The van der Waals surface area contributed by atoms with E-state index in [0.29, 0.717) is 45.6 Å². The van der Waals surface area contributed by atoms with Crippen LogP contribution in [0.15, 0.2) is 30.3 Å². The Morgan fingerprint density at radius 1 is 1.00 bits per heavy atom. The predicted octanol–water partition coefficient (Wildman–Crippen LogP) is 2.92. The van der Waals surface area contributed by atoms with Gasteiger partial charge in [-0.3, -0.25) is 4.79 Å². The van der Waals surface area contributed by atoms with E-state index < -0.39 is 0 Å². The summed E-state index contributed by atoms with van der Waals surface area (Å²) in [6.07, 6.45) is 3.07. The summed E-state index contributed by atoms with van der Waals surface area (Å²) in [6, 6.07) is 6.66. The number of allylic oxidation sites excluding steroid dienone is 1. The zero-order chi connectivity index (χ0) is 18.7. The molecule has 0 spiro atoms. The first-order valence-corrected chi connectivity index (χ1v) is 7.79. The van der Waals surface area contributed by atoms with Crippen molar-refractivity contribution in [1.29, 1.82) is 0 Å². The molecule has 3 rings (SSSR count). The highest BCUT2D eigenvalue weighted by Crippen LogP contribution is 2.39. The Bertz CT molecular complexity index is 850. The molecule has 2 aromatic carbocycles. The van der Waals surface area contributed by atoms with Crippen LogP contribution in [-0.2, 0) is 0 Å². The number of methoxy groups -OCH3 is 3. The van der Waals surface area contributed by atoms with Gasteiger partial charge < -0.3 is 29.4 Å². The SMILES string of the molecule is COc1cc(C=CC(=O)c2cc3c(cc2N)OCO3)cc(OC)c1OC.